The maximum absolute atomic E-state index is 12.4. The smallest absolute Gasteiger partial charge is 0.344 e. The van der Waals surface area contributed by atoms with Gasteiger partial charge in [-0.3, -0.25) is 4.79 Å². The van der Waals surface area contributed by atoms with E-state index in [4.69, 9.17) is 18.9 Å². The zero-order valence-corrected chi connectivity index (χ0v) is 14.5. The van der Waals surface area contributed by atoms with Crippen molar-refractivity contribution >= 4 is 17.8 Å². The van der Waals surface area contributed by atoms with E-state index in [-0.39, 0.29) is 18.1 Å². The Balaban J connectivity index is 1.69. The van der Waals surface area contributed by atoms with E-state index in [0.717, 1.165) is 5.56 Å². The molecule has 6 nitrogen and oxygen atoms in total. The molecule has 0 fully saturated rings. The summed E-state index contributed by atoms with van der Waals surface area (Å²) in [4.78, 5) is 23.7. The zero-order chi connectivity index (χ0) is 18.5. The molecule has 0 saturated carbocycles. The molecule has 2 aromatic rings. The van der Waals surface area contributed by atoms with Gasteiger partial charge in [-0.25, -0.2) is 4.79 Å². The molecule has 6 heteroatoms. The predicted molar refractivity (Wildman–Crippen MR) is 94.5 cm³/mol. The molecule has 0 bridgehead atoms. The number of rotatable bonds is 6. The number of hydrogen-bond donors (Lipinski definition) is 0. The van der Waals surface area contributed by atoms with Gasteiger partial charge in [-0.05, 0) is 42.8 Å². The van der Waals surface area contributed by atoms with E-state index in [2.05, 4.69) is 0 Å². The Morgan fingerprint density at radius 3 is 2.54 bits per heavy atom. The Labute approximate surface area is 150 Å². The second-order valence-corrected chi connectivity index (χ2v) is 5.46. The van der Waals surface area contributed by atoms with Crippen LogP contribution in [0.15, 0.2) is 48.2 Å². The van der Waals surface area contributed by atoms with Crippen LogP contribution in [0.4, 0.5) is 0 Å². The molecule has 0 unspecified atom stereocenters. The average molecular weight is 354 g/mol. The van der Waals surface area contributed by atoms with Gasteiger partial charge in [0.05, 0.1) is 19.3 Å². The van der Waals surface area contributed by atoms with Gasteiger partial charge in [0.2, 0.25) is 5.78 Å². The maximum atomic E-state index is 12.4. The zero-order valence-electron chi connectivity index (χ0n) is 14.5. The first-order valence-corrected chi connectivity index (χ1v) is 8.11. The first-order valence-electron chi connectivity index (χ1n) is 8.11. The normalized spacial score (nSPS) is 13.9. The summed E-state index contributed by atoms with van der Waals surface area (Å²) >= 11 is 0. The highest BCUT2D eigenvalue weighted by molar-refractivity contribution is 6.14. The van der Waals surface area contributed by atoms with Gasteiger partial charge in [-0.2, -0.15) is 0 Å². The lowest BCUT2D eigenvalue weighted by atomic mass is 10.1. The molecular weight excluding hydrogens is 336 g/mol. The molecule has 1 heterocycles. The molecular formula is C20H18O6. The molecule has 1 aliphatic rings. The van der Waals surface area contributed by atoms with Crippen molar-refractivity contribution < 1.29 is 28.5 Å². The number of benzene rings is 2. The van der Waals surface area contributed by atoms with Gasteiger partial charge < -0.3 is 18.9 Å². The minimum Gasteiger partial charge on any atom is -0.497 e. The summed E-state index contributed by atoms with van der Waals surface area (Å²) in [7, 11) is 1.56. The summed E-state index contributed by atoms with van der Waals surface area (Å²) in [6, 6.07) is 12.0. The Kier molecular flexibility index (Phi) is 5.22. The number of carbonyl (C=O) groups is 2. The molecule has 1 aliphatic heterocycles. The average Bonchev–Trinajstić information content (AvgIpc) is 2.96. The third-order valence-corrected chi connectivity index (χ3v) is 3.72. The fourth-order valence-corrected chi connectivity index (χ4v) is 2.45. The van der Waals surface area contributed by atoms with Crippen molar-refractivity contribution in [2.75, 3.05) is 20.3 Å². The minimum absolute atomic E-state index is 0.146. The summed E-state index contributed by atoms with van der Waals surface area (Å²) in [6.07, 6.45) is 1.66. The molecule has 26 heavy (non-hydrogen) atoms. The molecule has 0 spiro atoms. The summed E-state index contributed by atoms with van der Waals surface area (Å²) < 4.78 is 20.9. The molecule has 0 saturated heterocycles. The Morgan fingerprint density at radius 2 is 1.85 bits per heavy atom. The van der Waals surface area contributed by atoms with Crippen LogP contribution in [0.5, 0.6) is 17.2 Å². The number of ketones is 1. The van der Waals surface area contributed by atoms with E-state index >= 15 is 0 Å². The number of ether oxygens (including phenoxy) is 4. The van der Waals surface area contributed by atoms with E-state index in [0.29, 0.717) is 29.4 Å². The first-order chi connectivity index (χ1) is 12.6. The van der Waals surface area contributed by atoms with E-state index < -0.39 is 5.97 Å². The molecule has 0 aromatic heterocycles. The topological polar surface area (TPSA) is 71.1 Å². The molecule has 0 radical (unpaired) electrons. The van der Waals surface area contributed by atoms with E-state index in [9.17, 15) is 9.59 Å². The van der Waals surface area contributed by atoms with Crippen LogP contribution >= 0.6 is 0 Å². The quantitative estimate of drug-likeness (QED) is 0.586. The van der Waals surface area contributed by atoms with Crippen molar-refractivity contribution in [3.63, 3.8) is 0 Å². The highest BCUT2D eigenvalue weighted by Gasteiger charge is 2.27. The van der Waals surface area contributed by atoms with Crippen LogP contribution in [-0.2, 0) is 9.53 Å². The Hall–Kier alpha value is -3.28. The van der Waals surface area contributed by atoms with Crippen LogP contribution < -0.4 is 14.2 Å². The summed E-state index contributed by atoms with van der Waals surface area (Å²) in [5, 5.41) is 0. The molecule has 0 atom stereocenters. The third kappa shape index (κ3) is 3.85. The summed E-state index contributed by atoms with van der Waals surface area (Å²) in [6.45, 7) is 1.91. The van der Waals surface area contributed by atoms with Gasteiger partial charge in [-0.15, -0.1) is 0 Å². The van der Waals surface area contributed by atoms with Crippen molar-refractivity contribution in [3.8, 4) is 17.2 Å². The number of methoxy groups -OCH3 is 1. The number of Topliss-reactive ketones (excluding diaryl/α,β-unsaturated/α-hetero) is 1. The fraction of sp³-hybridized carbons (Fsp3) is 0.200. The van der Waals surface area contributed by atoms with E-state index in [1.807, 2.05) is 0 Å². The second-order valence-electron chi connectivity index (χ2n) is 5.46. The molecule has 0 amide bonds. The Bertz CT molecular complexity index is 851. The number of allylic oxidation sites excluding steroid dienone is 1. The molecule has 0 N–H and O–H groups in total. The van der Waals surface area contributed by atoms with E-state index in [1.54, 1.807) is 62.6 Å². The number of carbonyl (C=O) groups excluding carboxylic acids is 2. The SMILES string of the molecule is CCOC(=O)COc1ccc(/C=C2\Oc3cc(OC)ccc3C2=O)cc1. The molecule has 0 aliphatic carbocycles. The highest BCUT2D eigenvalue weighted by atomic mass is 16.6. The minimum atomic E-state index is -0.420. The lowest BCUT2D eigenvalue weighted by Crippen LogP contribution is -2.14. The molecule has 2 aromatic carbocycles. The van der Waals surface area contributed by atoms with Crippen molar-refractivity contribution in [1.82, 2.24) is 0 Å². The van der Waals surface area contributed by atoms with E-state index in [1.165, 1.54) is 0 Å². The molecule has 3 rings (SSSR count). The van der Waals surface area contributed by atoms with Gasteiger partial charge in [0.1, 0.15) is 17.2 Å². The fourth-order valence-electron chi connectivity index (χ4n) is 2.45. The largest absolute Gasteiger partial charge is 0.497 e. The highest BCUT2D eigenvalue weighted by Crippen LogP contribution is 2.34. The number of fused-ring (bicyclic) bond motifs is 1. The Morgan fingerprint density at radius 1 is 1.12 bits per heavy atom. The van der Waals surface area contributed by atoms with Gasteiger partial charge >= 0.3 is 5.97 Å². The molecule has 134 valence electrons. The van der Waals surface area contributed by atoms with Gasteiger partial charge in [0.15, 0.2) is 12.4 Å². The lowest BCUT2D eigenvalue weighted by molar-refractivity contribution is -0.145. The standard InChI is InChI=1S/C20H18O6/c1-3-24-19(21)12-25-14-6-4-13(5-7-14)10-18-20(22)16-9-8-15(23-2)11-17(16)26-18/h4-11H,3,12H2,1-2H3/b18-10-. The van der Waals surface area contributed by atoms with Crippen molar-refractivity contribution in [2.45, 2.75) is 6.92 Å². The summed E-state index contributed by atoms with van der Waals surface area (Å²) in [5.74, 6) is 1.29. The third-order valence-electron chi connectivity index (χ3n) is 3.72. The van der Waals surface area contributed by atoms with Gasteiger partial charge in [0.25, 0.3) is 0 Å². The van der Waals surface area contributed by atoms with Crippen LogP contribution in [0, 0.1) is 0 Å². The lowest BCUT2D eigenvalue weighted by Gasteiger charge is -2.06. The first kappa shape index (κ1) is 17.5. The van der Waals surface area contributed by atoms with Gasteiger partial charge in [0, 0.05) is 6.07 Å². The van der Waals surface area contributed by atoms with Crippen LogP contribution in [-0.4, -0.2) is 32.1 Å². The summed E-state index contributed by atoms with van der Waals surface area (Å²) in [5.41, 5.74) is 1.28. The number of hydrogen-bond acceptors (Lipinski definition) is 6. The van der Waals surface area contributed by atoms with Crippen LogP contribution in [0.3, 0.4) is 0 Å². The van der Waals surface area contributed by atoms with Crippen molar-refractivity contribution in [2.24, 2.45) is 0 Å². The van der Waals surface area contributed by atoms with Crippen LogP contribution in [0.1, 0.15) is 22.8 Å². The van der Waals surface area contributed by atoms with Crippen molar-refractivity contribution in [1.29, 1.82) is 0 Å². The number of esters is 1. The predicted octanol–water partition coefficient (Wildman–Crippen LogP) is 3.25. The van der Waals surface area contributed by atoms with Gasteiger partial charge in [-0.1, -0.05) is 12.1 Å². The van der Waals surface area contributed by atoms with Crippen molar-refractivity contribution in [3.05, 3.63) is 59.4 Å². The monoisotopic (exact) mass is 354 g/mol. The van der Waals surface area contributed by atoms with Crippen LogP contribution in [0.25, 0.3) is 6.08 Å². The van der Waals surface area contributed by atoms with Crippen LogP contribution in [0.2, 0.25) is 0 Å². The maximum Gasteiger partial charge on any atom is 0.344 e. The second kappa shape index (κ2) is 7.74.